The molecule has 6 heteroatoms. The molecule has 0 radical (unpaired) electrons. The lowest BCUT2D eigenvalue weighted by Gasteiger charge is -2.10. The molecule has 3 rings (SSSR count). The lowest BCUT2D eigenvalue weighted by molar-refractivity contribution is -0.118. The average Bonchev–Trinajstić information content (AvgIpc) is 2.77. The number of anilines is 1. The Hall–Kier alpha value is -3.80. The molecule has 0 heterocycles. The number of nitrogens with one attached hydrogen (secondary N) is 1. The summed E-state index contributed by atoms with van der Waals surface area (Å²) in [6.07, 6.45) is 1.76. The predicted octanol–water partition coefficient (Wildman–Crippen LogP) is 4.47. The fourth-order valence-electron chi connectivity index (χ4n) is 2.55. The highest BCUT2D eigenvalue weighted by Gasteiger charge is 2.07. The van der Waals surface area contributed by atoms with Gasteiger partial charge in [0, 0.05) is 6.21 Å². The molecule has 0 saturated carbocycles. The summed E-state index contributed by atoms with van der Waals surface area (Å²) >= 11 is 0. The van der Waals surface area contributed by atoms with Gasteiger partial charge < -0.3 is 19.5 Å². The highest BCUT2D eigenvalue weighted by atomic mass is 16.5. The first-order chi connectivity index (χ1) is 14.2. The molecule has 0 aliphatic carbocycles. The van der Waals surface area contributed by atoms with Crippen LogP contribution in [-0.2, 0) is 4.79 Å². The number of hydrogen-bond acceptors (Lipinski definition) is 5. The van der Waals surface area contributed by atoms with Gasteiger partial charge in [-0.25, -0.2) is 0 Å². The molecule has 0 fully saturated rings. The van der Waals surface area contributed by atoms with Gasteiger partial charge in [-0.2, -0.15) is 0 Å². The molecule has 0 unspecified atom stereocenters. The second kappa shape index (κ2) is 9.94. The minimum atomic E-state index is -0.264. The van der Waals surface area contributed by atoms with E-state index in [2.05, 4.69) is 10.3 Å². The number of nitrogens with zero attached hydrogens (tertiary/aromatic N) is 1. The fourth-order valence-corrected chi connectivity index (χ4v) is 2.55. The Morgan fingerprint density at radius 3 is 2.28 bits per heavy atom. The van der Waals surface area contributed by atoms with Crippen molar-refractivity contribution in [1.29, 1.82) is 0 Å². The van der Waals surface area contributed by atoms with E-state index < -0.39 is 0 Å². The van der Waals surface area contributed by atoms with Gasteiger partial charge in [0.05, 0.1) is 25.6 Å². The molecule has 3 aromatic rings. The second-order valence-corrected chi connectivity index (χ2v) is 6.06. The molecule has 0 saturated heterocycles. The Labute approximate surface area is 169 Å². The lowest BCUT2D eigenvalue weighted by Crippen LogP contribution is -2.20. The maximum absolute atomic E-state index is 12.1. The second-order valence-electron chi connectivity index (χ2n) is 6.06. The van der Waals surface area contributed by atoms with Crippen LogP contribution in [-0.4, -0.2) is 32.9 Å². The van der Waals surface area contributed by atoms with Crippen LogP contribution in [0.1, 0.15) is 5.56 Å². The molecule has 29 heavy (non-hydrogen) atoms. The Kier molecular flexibility index (Phi) is 6.84. The Morgan fingerprint density at radius 1 is 0.897 bits per heavy atom. The monoisotopic (exact) mass is 390 g/mol. The number of benzene rings is 3. The predicted molar refractivity (Wildman–Crippen MR) is 114 cm³/mol. The lowest BCUT2D eigenvalue weighted by atomic mass is 10.2. The zero-order valence-corrected chi connectivity index (χ0v) is 16.3. The Bertz CT molecular complexity index is 967. The summed E-state index contributed by atoms with van der Waals surface area (Å²) in [6, 6.07) is 22.0. The molecular formula is C23H22N2O4. The number of aliphatic imine (C=N–C) groups is 1. The van der Waals surface area contributed by atoms with E-state index in [9.17, 15) is 4.79 Å². The van der Waals surface area contributed by atoms with E-state index in [0.717, 1.165) is 17.0 Å². The van der Waals surface area contributed by atoms with Gasteiger partial charge in [0.1, 0.15) is 17.2 Å². The molecule has 0 spiro atoms. The molecule has 1 amide bonds. The maximum atomic E-state index is 12.1. The first kappa shape index (κ1) is 19.9. The van der Waals surface area contributed by atoms with Crippen LogP contribution in [0.5, 0.6) is 17.2 Å². The van der Waals surface area contributed by atoms with Gasteiger partial charge in [-0.15, -0.1) is 0 Å². The highest BCUT2D eigenvalue weighted by Crippen LogP contribution is 2.23. The van der Waals surface area contributed by atoms with E-state index >= 15 is 0 Å². The number of hydrogen-bond donors (Lipinski definition) is 1. The minimum absolute atomic E-state index is 0.0999. The van der Waals surface area contributed by atoms with Gasteiger partial charge in [0.15, 0.2) is 6.61 Å². The van der Waals surface area contributed by atoms with Crippen LogP contribution in [0, 0.1) is 0 Å². The number of carbonyl (C=O) groups excluding carboxylic acids is 1. The topological polar surface area (TPSA) is 69.2 Å². The van der Waals surface area contributed by atoms with E-state index in [-0.39, 0.29) is 12.5 Å². The largest absolute Gasteiger partial charge is 0.497 e. The summed E-state index contributed by atoms with van der Waals surface area (Å²) in [7, 11) is 3.19. The molecule has 0 aromatic heterocycles. The summed E-state index contributed by atoms with van der Waals surface area (Å²) in [5, 5.41) is 2.77. The summed E-state index contributed by atoms with van der Waals surface area (Å²) in [4.78, 5) is 16.5. The smallest absolute Gasteiger partial charge is 0.262 e. The average molecular weight is 390 g/mol. The van der Waals surface area contributed by atoms with Crippen LogP contribution in [0.3, 0.4) is 0 Å². The number of methoxy groups -OCH3 is 2. The van der Waals surface area contributed by atoms with E-state index in [1.807, 2.05) is 48.5 Å². The number of para-hydroxylation sites is 2. The molecule has 6 nitrogen and oxygen atoms in total. The third-order valence-electron chi connectivity index (χ3n) is 4.07. The molecule has 0 aliphatic heterocycles. The quantitative estimate of drug-likeness (QED) is 0.576. The van der Waals surface area contributed by atoms with Crippen molar-refractivity contribution in [2.24, 2.45) is 4.99 Å². The summed E-state index contributed by atoms with van der Waals surface area (Å²) in [6.45, 7) is -0.0999. The van der Waals surface area contributed by atoms with E-state index in [4.69, 9.17) is 14.2 Å². The molecule has 0 aliphatic rings. The molecule has 0 atom stereocenters. The van der Waals surface area contributed by atoms with Gasteiger partial charge in [0.2, 0.25) is 0 Å². The summed E-state index contributed by atoms with van der Waals surface area (Å²) < 4.78 is 15.9. The molecule has 3 aromatic carbocycles. The van der Waals surface area contributed by atoms with Gasteiger partial charge >= 0.3 is 0 Å². The normalized spacial score (nSPS) is 10.6. The molecule has 1 N–H and O–H groups in total. The van der Waals surface area contributed by atoms with E-state index in [1.54, 1.807) is 44.7 Å². The van der Waals surface area contributed by atoms with Crippen molar-refractivity contribution in [2.45, 2.75) is 0 Å². The molecule has 148 valence electrons. The SMILES string of the molecule is COc1ccc(N=Cc2ccc(OCC(=O)Nc3ccccc3OC)cc2)cc1. The van der Waals surface area contributed by atoms with E-state index in [0.29, 0.717) is 17.2 Å². The standard InChI is InChI=1S/C23H22N2O4/c1-27-19-13-9-18(10-14-19)24-15-17-7-11-20(12-8-17)29-16-23(26)25-21-5-3-4-6-22(21)28-2/h3-15H,16H2,1-2H3,(H,25,26). The van der Waals surface area contributed by atoms with Crippen molar-refractivity contribution in [3.63, 3.8) is 0 Å². The van der Waals surface area contributed by atoms with Crippen LogP contribution in [0.4, 0.5) is 11.4 Å². The molecular weight excluding hydrogens is 368 g/mol. The molecule has 0 bridgehead atoms. The number of rotatable bonds is 8. The number of amides is 1. The third kappa shape index (κ3) is 5.84. The number of carbonyl (C=O) groups is 1. The van der Waals surface area contributed by atoms with Gasteiger partial charge in [-0.1, -0.05) is 12.1 Å². The van der Waals surface area contributed by atoms with Crippen LogP contribution >= 0.6 is 0 Å². The Morgan fingerprint density at radius 2 is 1.59 bits per heavy atom. The van der Waals surface area contributed by atoms with Crippen molar-refractivity contribution in [1.82, 2.24) is 0 Å². The van der Waals surface area contributed by atoms with Gasteiger partial charge in [-0.05, 0) is 66.2 Å². The highest BCUT2D eigenvalue weighted by molar-refractivity contribution is 5.93. The van der Waals surface area contributed by atoms with Crippen molar-refractivity contribution in [3.05, 3.63) is 78.4 Å². The summed E-state index contributed by atoms with van der Waals surface area (Å²) in [5.41, 5.74) is 2.36. The zero-order chi connectivity index (χ0) is 20.5. The zero-order valence-electron chi connectivity index (χ0n) is 16.3. The number of ether oxygens (including phenoxy) is 3. The van der Waals surface area contributed by atoms with Crippen LogP contribution in [0.2, 0.25) is 0 Å². The van der Waals surface area contributed by atoms with Crippen LogP contribution in [0.25, 0.3) is 0 Å². The van der Waals surface area contributed by atoms with Gasteiger partial charge in [0.25, 0.3) is 5.91 Å². The summed E-state index contributed by atoms with van der Waals surface area (Å²) in [5.74, 6) is 1.72. The van der Waals surface area contributed by atoms with Crippen LogP contribution < -0.4 is 19.5 Å². The van der Waals surface area contributed by atoms with Gasteiger partial charge in [-0.3, -0.25) is 9.79 Å². The Balaban J connectivity index is 1.52. The minimum Gasteiger partial charge on any atom is -0.497 e. The van der Waals surface area contributed by atoms with E-state index in [1.165, 1.54) is 0 Å². The van der Waals surface area contributed by atoms with Crippen LogP contribution in [0.15, 0.2) is 77.8 Å². The van der Waals surface area contributed by atoms with Crippen molar-refractivity contribution >= 4 is 23.5 Å². The first-order valence-electron chi connectivity index (χ1n) is 9.02. The van der Waals surface area contributed by atoms with Crippen molar-refractivity contribution < 1.29 is 19.0 Å². The fraction of sp³-hybridized carbons (Fsp3) is 0.130. The third-order valence-corrected chi connectivity index (χ3v) is 4.07. The van der Waals surface area contributed by atoms with Crippen molar-refractivity contribution in [3.8, 4) is 17.2 Å². The first-order valence-corrected chi connectivity index (χ1v) is 9.02. The maximum Gasteiger partial charge on any atom is 0.262 e. The van der Waals surface area contributed by atoms with Crippen molar-refractivity contribution in [2.75, 3.05) is 26.1 Å².